The van der Waals surface area contributed by atoms with Crippen molar-refractivity contribution in [3.8, 4) is 0 Å². The summed E-state index contributed by atoms with van der Waals surface area (Å²) in [5, 5.41) is 1.82. The van der Waals surface area contributed by atoms with Crippen molar-refractivity contribution in [2.24, 2.45) is 0 Å². The van der Waals surface area contributed by atoms with E-state index in [0.717, 1.165) is 26.0 Å². The lowest BCUT2D eigenvalue weighted by atomic mass is 10.2. The topological polar surface area (TPSA) is 46.1 Å². The van der Waals surface area contributed by atoms with Crippen molar-refractivity contribution in [1.82, 2.24) is 14.9 Å². The first-order valence-corrected chi connectivity index (χ1v) is 9.22. The van der Waals surface area contributed by atoms with Crippen molar-refractivity contribution in [1.29, 1.82) is 0 Å². The third-order valence-corrected chi connectivity index (χ3v) is 5.12. The highest BCUT2D eigenvalue weighted by atomic mass is 79.9. The van der Waals surface area contributed by atoms with Crippen molar-refractivity contribution in [2.75, 3.05) is 12.8 Å². The molecule has 0 saturated heterocycles. The van der Waals surface area contributed by atoms with Crippen LogP contribution in [-0.2, 0) is 11.3 Å². The quantitative estimate of drug-likeness (QED) is 0.475. The smallest absolute Gasteiger partial charge is 0.233 e. The van der Waals surface area contributed by atoms with Crippen LogP contribution in [0, 0.1) is 0 Å². The number of fused-ring (bicyclic) bond motifs is 1. The molecule has 0 fully saturated rings. The van der Waals surface area contributed by atoms with Crippen molar-refractivity contribution in [2.45, 2.75) is 11.6 Å². The zero-order valence-electron chi connectivity index (χ0n) is 13.1. The average Bonchev–Trinajstić information content (AvgIpc) is 2.61. The molecule has 6 heteroatoms. The van der Waals surface area contributed by atoms with E-state index < -0.39 is 0 Å². The number of rotatable bonds is 5. The fourth-order valence-corrected chi connectivity index (χ4v) is 3.48. The number of nitrogens with zero attached hydrogens (tertiary/aromatic N) is 3. The summed E-state index contributed by atoms with van der Waals surface area (Å²) in [5.74, 6) is 0.430. The lowest BCUT2D eigenvalue weighted by molar-refractivity contribution is -0.127. The van der Waals surface area contributed by atoms with Crippen LogP contribution in [0.5, 0.6) is 0 Å². The van der Waals surface area contributed by atoms with Crippen LogP contribution in [0.2, 0.25) is 0 Å². The molecule has 1 aromatic heterocycles. The van der Waals surface area contributed by atoms with Gasteiger partial charge in [0.05, 0.1) is 11.3 Å². The predicted octanol–water partition coefficient (Wildman–Crippen LogP) is 4.14. The Morgan fingerprint density at radius 2 is 1.88 bits per heavy atom. The van der Waals surface area contributed by atoms with E-state index >= 15 is 0 Å². The number of hydrogen-bond acceptors (Lipinski definition) is 4. The number of thioether (sulfide) groups is 1. The normalized spacial score (nSPS) is 10.8. The zero-order valence-corrected chi connectivity index (χ0v) is 15.5. The number of amides is 1. The molecule has 2 aromatic carbocycles. The van der Waals surface area contributed by atoms with Gasteiger partial charge in [0.1, 0.15) is 11.4 Å². The monoisotopic (exact) mass is 401 g/mol. The third kappa shape index (κ3) is 4.13. The molecule has 3 rings (SSSR count). The minimum absolute atomic E-state index is 0.0746. The van der Waals surface area contributed by atoms with Crippen LogP contribution in [0.1, 0.15) is 5.56 Å². The number of carbonyl (C=O) groups is 1. The summed E-state index contributed by atoms with van der Waals surface area (Å²) in [6, 6.07) is 15.8. The Bertz CT molecular complexity index is 849. The second-order valence-corrected chi connectivity index (χ2v) is 7.24. The van der Waals surface area contributed by atoms with Gasteiger partial charge in [0, 0.05) is 23.5 Å². The van der Waals surface area contributed by atoms with Gasteiger partial charge in [0.15, 0.2) is 0 Å². The lowest BCUT2D eigenvalue weighted by Gasteiger charge is -2.17. The largest absolute Gasteiger partial charge is 0.341 e. The average molecular weight is 402 g/mol. The van der Waals surface area contributed by atoms with E-state index in [0.29, 0.717) is 12.3 Å². The van der Waals surface area contributed by atoms with E-state index in [1.165, 1.54) is 11.8 Å². The second-order valence-electron chi connectivity index (χ2n) is 5.36. The Balaban J connectivity index is 1.63. The van der Waals surface area contributed by atoms with Gasteiger partial charge in [0.2, 0.25) is 5.91 Å². The Hall–Kier alpha value is -1.92. The summed E-state index contributed by atoms with van der Waals surface area (Å²) in [6.45, 7) is 0.594. The molecule has 0 aliphatic carbocycles. The molecule has 0 unspecified atom stereocenters. The highest BCUT2D eigenvalue weighted by molar-refractivity contribution is 9.10. The molecule has 0 spiro atoms. The van der Waals surface area contributed by atoms with Gasteiger partial charge in [-0.3, -0.25) is 4.79 Å². The standard InChI is InChI=1S/C18H16BrN3OS/c1-22(10-13-6-8-14(19)9-7-13)17(23)11-24-18-15-4-2-3-5-16(15)20-12-21-18/h2-9,12H,10-11H2,1H3. The molecule has 0 N–H and O–H groups in total. The van der Waals surface area contributed by atoms with Gasteiger partial charge < -0.3 is 4.90 Å². The fraction of sp³-hybridized carbons (Fsp3) is 0.167. The summed E-state index contributed by atoms with van der Waals surface area (Å²) >= 11 is 4.86. The highest BCUT2D eigenvalue weighted by Crippen LogP contribution is 2.24. The molecule has 0 radical (unpaired) electrons. The van der Waals surface area contributed by atoms with Gasteiger partial charge in [-0.1, -0.05) is 58.0 Å². The van der Waals surface area contributed by atoms with E-state index in [1.807, 2.05) is 55.6 Å². The predicted molar refractivity (Wildman–Crippen MR) is 101 cm³/mol. The minimum atomic E-state index is 0.0746. The van der Waals surface area contributed by atoms with Crippen LogP contribution in [0.25, 0.3) is 10.9 Å². The Morgan fingerprint density at radius 3 is 2.67 bits per heavy atom. The van der Waals surface area contributed by atoms with Gasteiger partial charge in [-0.25, -0.2) is 9.97 Å². The van der Waals surface area contributed by atoms with Crippen LogP contribution in [0.15, 0.2) is 64.4 Å². The van der Waals surface area contributed by atoms with Crippen LogP contribution in [-0.4, -0.2) is 33.6 Å². The number of carbonyl (C=O) groups excluding carboxylic acids is 1. The molecule has 122 valence electrons. The molecule has 0 aliphatic heterocycles. The van der Waals surface area contributed by atoms with Crippen LogP contribution in [0.3, 0.4) is 0 Å². The number of benzene rings is 2. The van der Waals surface area contributed by atoms with Crippen LogP contribution < -0.4 is 0 Å². The first-order valence-electron chi connectivity index (χ1n) is 7.44. The third-order valence-electron chi connectivity index (χ3n) is 3.60. The Morgan fingerprint density at radius 1 is 1.12 bits per heavy atom. The number of hydrogen-bond donors (Lipinski definition) is 0. The zero-order chi connectivity index (χ0) is 16.9. The van der Waals surface area contributed by atoms with Crippen molar-refractivity contribution in [3.63, 3.8) is 0 Å². The first kappa shape index (κ1) is 16.9. The Labute approximate surface area is 153 Å². The van der Waals surface area contributed by atoms with E-state index in [1.54, 1.807) is 11.2 Å². The lowest BCUT2D eigenvalue weighted by Crippen LogP contribution is -2.27. The van der Waals surface area contributed by atoms with Crippen molar-refractivity contribution < 1.29 is 4.79 Å². The van der Waals surface area contributed by atoms with Gasteiger partial charge in [-0.15, -0.1) is 0 Å². The van der Waals surface area contributed by atoms with Crippen LogP contribution >= 0.6 is 27.7 Å². The first-order chi connectivity index (χ1) is 11.6. The SMILES string of the molecule is CN(Cc1ccc(Br)cc1)C(=O)CSc1ncnc2ccccc12. The summed E-state index contributed by atoms with van der Waals surface area (Å²) in [4.78, 5) is 22.7. The highest BCUT2D eigenvalue weighted by Gasteiger charge is 2.12. The maximum atomic E-state index is 12.4. The fourth-order valence-electron chi connectivity index (χ4n) is 2.29. The molecule has 3 aromatic rings. The molecular weight excluding hydrogens is 386 g/mol. The maximum absolute atomic E-state index is 12.4. The van der Waals surface area contributed by atoms with Gasteiger partial charge in [0.25, 0.3) is 0 Å². The molecule has 0 bridgehead atoms. The molecule has 0 atom stereocenters. The molecule has 24 heavy (non-hydrogen) atoms. The van der Waals surface area contributed by atoms with E-state index in [2.05, 4.69) is 25.9 Å². The van der Waals surface area contributed by atoms with Gasteiger partial charge in [-0.05, 0) is 23.8 Å². The number of halogens is 1. The summed E-state index contributed by atoms with van der Waals surface area (Å²) < 4.78 is 1.03. The second kappa shape index (κ2) is 7.77. The Kier molecular flexibility index (Phi) is 5.48. The van der Waals surface area contributed by atoms with E-state index in [4.69, 9.17) is 0 Å². The van der Waals surface area contributed by atoms with E-state index in [9.17, 15) is 4.79 Å². The molecular formula is C18H16BrN3OS. The maximum Gasteiger partial charge on any atom is 0.233 e. The summed E-state index contributed by atoms with van der Waals surface area (Å²) in [7, 11) is 1.82. The van der Waals surface area contributed by atoms with Crippen LogP contribution in [0.4, 0.5) is 0 Å². The molecule has 1 amide bonds. The van der Waals surface area contributed by atoms with Gasteiger partial charge >= 0.3 is 0 Å². The van der Waals surface area contributed by atoms with Gasteiger partial charge in [-0.2, -0.15) is 0 Å². The summed E-state index contributed by atoms with van der Waals surface area (Å²) in [5.41, 5.74) is 2.00. The minimum Gasteiger partial charge on any atom is -0.341 e. The van der Waals surface area contributed by atoms with Crippen molar-refractivity contribution >= 4 is 44.5 Å². The van der Waals surface area contributed by atoms with Crippen molar-refractivity contribution in [3.05, 3.63) is 64.9 Å². The molecule has 0 saturated carbocycles. The number of para-hydroxylation sites is 1. The molecule has 4 nitrogen and oxygen atoms in total. The summed E-state index contributed by atoms with van der Waals surface area (Å²) in [6.07, 6.45) is 1.54. The molecule has 1 heterocycles. The van der Waals surface area contributed by atoms with E-state index in [-0.39, 0.29) is 5.91 Å². The molecule has 0 aliphatic rings. The number of aromatic nitrogens is 2.